The molecule has 1 aromatic heterocycles. The van der Waals surface area contributed by atoms with E-state index in [9.17, 15) is 9.59 Å². The summed E-state index contributed by atoms with van der Waals surface area (Å²) in [6, 6.07) is 16.3. The average molecular weight is 306 g/mol. The minimum atomic E-state index is -0.479. The lowest BCUT2D eigenvalue weighted by Gasteiger charge is -2.04. The highest BCUT2D eigenvalue weighted by Gasteiger charge is 2.13. The molecule has 1 amide bonds. The number of nitrogens with one attached hydrogen (secondary N) is 2. The van der Waals surface area contributed by atoms with Crippen molar-refractivity contribution < 1.29 is 4.79 Å². The summed E-state index contributed by atoms with van der Waals surface area (Å²) in [5.74, 6) is -0.479. The lowest BCUT2D eigenvalue weighted by Crippen LogP contribution is -2.23. The molecule has 0 saturated carbocycles. The first-order chi connectivity index (χ1) is 11.2. The van der Waals surface area contributed by atoms with E-state index in [0.717, 1.165) is 5.56 Å². The maximum absolute atomic E-state index is 12.3. The maximum atomic E-state index is 12.3. The summed E-state index contributed by atoms with van der Waals surface area (Å²) in [6.07, 6.45) is 0. The van der Waals surface area contributed by atoms with Crippen molar-refractivity contribution in [3.05, 3.63) is 76.2 Å². The van der Waals surface area contributed by atoms with Gasteiger partial charge in [0.25, 0.3) is 11.5 Å². The van der Waals surface area contributed by atoms with Crippen LogP contribution in [0.5, 0.6) is 0 Å². The summed E-state index contributed by atoms with van der Waals surface area (Å²) in [7, 11) is 0. The predicted molar refractivity (Wildman–Crippen MR) is 88.5 cm³/mol. The molecule has 114 valence electrons. The van der Waals surface area contributed by atoms with Crippen LogP contribution in [0.3, 0.4) is 0 Å². The van der Waals surface area contributed by atoms with Crippen molar-refractivity contribution in [1.29, 1.82) is 0 Å². The van der Waals surface area contributed by atoms with Crippen LogP contribution in [-0.4, -0.2) is 21.8 Å². The van der Waals surface area contributed by atoms with Crippen LogP contribution in [0.1, 0.15) is 23.0 Å². The fraction of sp³-hybridized carbons (Fsp3) is 0.0588. The number of nitrogens with zero attached hydrogens (tertiary/aromatic N) is 2. The van der Waals surface area contributed by atoms with Crippen LogP contribution in [0.15, 0.2) is 64.5 Å². The first-order valence-electron chi connectivity index (χ1n) is 7.04. The average Bonchev–Trinajstić information content (AvgIpc) is 2.60. The Labute approximate surface area is 131 Å². The Bertz CT molecular complexity index is 945. The van der Waals surface area contributed by atoms with Crippen LogP contribution >= 0.6 is 0 Å². The highest BCUT2D eigenvalue weighted by atomic mass is 16.2. The van der Waals surface area contributed by atoms with Gasteiger partial charge in [-0.2, -0.15) is 10.2 Å². The van der Waals surface area contributed by atoms with Gasteiger partial charge in [-0.3, -0.25) is 9.59 Å². The van der Waals surface area contributed by atoms with Gasteiger partial charge in [0, 0.05) is 5.39 Å². The zero-order valence-electron chi connectivity index (χ0n) is 12.4. The standard InChI is InChI=1S/C17H14N4O2/c1-11(12-7-3-2-4-8-12)18-21-17(23)15-13-9-5-6-10-14(13)16(22)20-19-15/h2-10H,1H3,(H,20,22)(H,21,23)/b18-11+. The molecule has 6 nitrogen and oxygen atoms in total. The number of hydrogen-bond donors (Lipinski definition) is 2. The molecule has 3 aromatic rings. The lowest BCUT2D eigenvalue weighted by atomic mass is 10.1. The molecule has 0 unspecified atom stereocenters. The predicted octanol–water partition coefficient (Wildman–Crippen LogP) is 2.08. The quantitative estimate of drug-likeness (QED) is 0.573. The summed E-state index contributed by atoms with van der Waals surface area (Å²) in [4.78, 5) is 24.0. The van der Waals surface area contributed by atoms with Crippen LogP contribution in [-0.2, 0) is 0 Å². The van der Waals surface area contributed by atoms with Crippen LogP contribution in [0.2, 0.25) is 0 Å². The van der Waals surface area contributed by atoms with Gasteiger partial charge in [-0.05, 0) is 18.6 Å². The maximum Gasteiger partial charge on any atom is 0.292 e. The van der Waals surface area contributed by atoms with Gasteiger partial charge in [0.05, 0.1) is 11.1 Å². The van der Waals surface area contributed by atoms with E-state index in [1.807, 2.05) is 30.3 Å². The first kappa shape index (κ1) is 14.6. The summed E-state index contributed by atoms with van der Waals surface area (Å²) in [5, 5.41) is 11.2. The van der Waals surface area contributed by atoms with Gasteiger partial charge in [-0.15, -0.1) is 0 Å². The minimum Gasteiger partial charge on any atom is -0.267 e. The molecule has 1 heterocycles. The number of hydrogen-bond acceptors (Lipinski definition) is 4. The topological polar surface area (TPSA) is 87.2 Å². The number of aromatic nitrogens is 2. The van der Waals surface area contributed by atoms with E-state index in [-0.39, 0.29) is 11.3 Å². The van der Waals surface area contributed by atoms with Gasteiger partial charge < -0.3 is 0 Å². The molecular weight excluding hydrogens is 292 g/mol. The summed E-state index contributed by atoms with van der Waals surface area (Å²) in [6.45, 7) is 1.80. The molecule has 23 heavy (non-hydrogen) atoms. The Kier molecular flexibility index (Phi) is 3.97. The highest BCUT2D eigenvalue weighted by Crippen LogP contribution is 2.12. The van der Waals surface area contributed by atoms with Crippen molar-refractivity contribution in [1.82, 2.24) is 15.6 Å². The van der Waals surface area contributed by atoms with Gasteiger partial charge in [-0.1, -0.05) is 48.5 Å². The zero-order valence-corrected chi connectivity index (χ0v) is 12.4. The van der Waals surface area contributed by atoms with Crippen molar-refractivity contribution in [3.8, 4) is 0 Å². The highest BCUT2D eigenvalue weighted by molar-refractivity contribution is 6.06. The first-order valence-corrected chi connectivity index (χ1v) is 7.04. The monoisotopic (exact) mass is 306 g/mol. The number of carbonyl (C=O) groups excluding carboxylic acids is 1. The minimum absolute atomic E-state index is 0.129. The van der Waals surface area contributed by atoms with E-state index in [2.05, 4.69) is 20.7 Å². The van der Waals surface area contributed by atoms with Gasteiger partial charge in [0.2, 0.25) is 0 Å². The fourth-order valence-electron chi connectivity index (χ4n) is 2.22. The molecule has 0 radical (unpaired) electrons. The van der Waals surface area contributed by atoms with E-state index in [1.54, 1.807) is 31.2 Å². The molecule has 2 N–H and O–H groups in total. The molecule has 0 fully saturated rings. The van der Waals surface area contributed by atoms with E-state index in [0.29, 0.717) is 16.5 Å². The third-order valence-electron chi connectivity index (χ3n) is 3.43. The number of carbonyl (C=O) groups is 1. The molecule has 3 rings (SSSR count). The molecule has 0 saturated heterocycles. The van der Waals surface area contributed by atoms with E-state index >= 15 is 0 Å². The van der Waals surface area contributed by atoms with Crippen molar-refractivity contribution in [2.45, 2.75) is 6.92 Å². The number of H-pyrrole nitrogens is 1. The third-order valence-corrected chi connectivity index (χ3v) is 3.43. The number of amides is 1. The number of fused-ring (bicyclic) bond motifs is 1. The summed E-state index contributed by atoms with van der Waals surface area (Å²) < 4.78 is 0. The van der Waals surface area contributed by atoms with Crippen LogP contribution < -0.4 is 11.0 Å². The van der Waals surface area contributed by atoms with Crippen molar-refractivity contribution >= 4 is 22.4 Å². The van der Waals surface area contributed by atoms with Crippen LogP contribution in [0.4, 0.5) is 0 Å². The molecule has 0 aliphatic heterocycles. The summed E-state index contributed by atoms with van der Waals surface area (Å²) in [5.41, 5.74) is 3.85. The number of benzene rings is 2. The molecule has 0 bridgehead atoms. The second kappa shape index (κ2) is 6.23. The number of aromatic amines is 1. The molecular formula is C17H14N4O2. The van der Waals surface area contributed by atoms with Crippen molar-refractivity contribution in [3.63, 3.8) is 0 Å². The normalized spacial score (nSPS) is 11.4. The van der Waals surface area contributed by atoms with E-state index in [4.69, 9.17) is 0 Å². The van der Waals surface area contributed by atoms with E-state index < -0.39 is 5.91 Å². The third kappa shape index (κ3) is 3.01. The van der Waals surface area contributed by atoms with Gasteiger partial charge in [-0.25, -0.2) is 10.5 Å². The second-order valence-corrected chi connectivity index (χ2v) is 4.95. The molecule has 0 aliphatic carbocycles. The smallest absolute Gasteiger partial charge is 0.267 e. The van der Waals surface area contributed by atoms with Crippen LogP contribution in [0, 0.1) is 0 Å². The van der Waals surface area contributed by atoms with Crippen LogP contribution in [0.25, 0.3) is 10.8 Å². The van der Waals surface area contributed by atoms with Gasteiger partial charge in [0.15, 0.2) is 5.69 Å². The van der Waals surface area contributed by atoms with Gasteiger partial charge >= 0.3 is 0 Å². The Morgan fingerprint density at radius 1 is 1.04 bits per heavy atom. The molecule has 0 spiro atoms. The van der Waals surface area contributed by atoms with E-state index in [1.165, 1.54) is 0 Å². The molecule has 6 heteroatoms. The number of hydrazone groups is 1. The lowest BCUT2D eigenvalue weighted by molar-refractivity contribution is 0.0950. The Hall–Kier alpha value is -3.28. The summed E-state index contributed by atoms with van der Waals surface area (Å²) >= 11 is 0. The largest absolute Gasteiger partial charge is 0.292 e. The zero-order chi connectivity index (χ0) is 16.2. The fourth-order valence-corrected chi connectivity index (χ4v) is 2.22. The second-order valence-electron chi connectivity index (χ2n) is 4.95. The Morgan fingerprint density at radius 3 is 2.43 bits per heavy atom. The molecule has 0 atom stereocenters. The molecule has 0 aliphatic rings. The number of rotatable bonds is 3. The SMILES string of the molecule is C/C(=N\NC(=O)c1n[nH]c(=O)c2ccccc12)c1ccccc1. The van der Waals surface area contributed by atoms with Gasteiger partial charge in [0.1, 0.15) is 0 Å². The Balaban J connectivity index is 1.90. The van der Waals surface area contributed by atoms with Crippen molar-refractivity contribution in [2.75, 3.05) is 0 Å². The Morgan fingerprint density at radius 2 is 1.70 bits per heavy atom. The van der Waals surface area contributed by atoms with Crippen molar-refractivity contribution in [2.24, 2.45) is 5.10 Å². The molecule has 2 aromatic carbocycles.